The number of para-hydroxylation sites is 1. The normalized spacial score (nSPS) is 11.3. The summed E-state index contributed by atoms with van der Waals surface area (Å²) in [5.41, 5.74) is 3.15. The third-order valence-corrected chi connectivity index (χ3v) is 6.06. The molecular weight excluding hydrogens is 392 g/mol. The van der Waals surface area contributed by atoms with E-state index in [2.05, 4.69) is 34.5 Å². The minimum absolute atomic E-state index is 0.0461. The topological polar surface area (TPSA) is 52.2 Å². The lowest BCUT2D eigenvalue weighted by molar-refractivity contribution is 0.764. The molecule has 0 aliphatic rings. The van der Waals surface area contributed by atoms with Gasteiger partial charge in [0.1, 0.15) is 0 Å². The number of aryl methyl sites for hydroxylation is 1. The van der Waals surface area contributed by atoms with Crippen LogP contribution in [-0.2, 0) is 13.0 Å². The van der Waals surface area contributed by atoms with Crippen molar-refractivity contribution in [3.63, 3.8) is 0 Å². The van der Waals surface area contributed by atoms with E-state index >= 15 is 0 Å². The van der Waals surface area contributed by atoms with Crippen LogP contribution in [0.15, 0.2) is 94.9 Å². The maximum Gasteiger partial charge on any atom is 0.263 e. The number of nitrogens with zero attached hydrogens (tertiary/aromatic N) is 4. The molecule has 148 valence electrons. The van der Waals surface area contributed by atoms with Gasteiger partial charge in [0.05, 0.1) is 17.4 Å². The molecule has 0 fully saturated rings. The fourth-order valence-corrected chi connectivity index (χ4v) is 4.57. The van der Waals surface area contributed by atoms with E-state index < -0.39 is 0 Å². The van der Waals surface area contributed by atoms with E-state index in [-0.39, 0.29) is 5.56 Å². The zero-order valence-electron chi connectivity index (χ0n) is 16.3. The molecule has 0 saturated heterocycles. The molecule has 6 heteroatoms. The maximum absolute atomic E-state index is 13.2. The Bertz CT molecular complexity index is 1360. The number of benzene rings is 3. The van der Waals surface area contributed by atoms with Crippen LogP contribution in [0.2, 0.25) is 0 Å². The molecule has 0 N–H and O–H groups in total. The average molecular weight is 413 g/mol. The summed E-state index contributed by atoms with van der Waals surface area (Å²) in [5.74, 6) is 1.46. The highest BCUT2D eigenvalue weighted by Gasteiger charge is 2.16. The van der Waals surface area contributed by atoms with Crippen molar-refractivity contribution in [3.8, 4) is 0 Å². The van der Waals surface area contributed by atoms with Crippen LogP contribution in [0.5, 0.6) is 0 Å². The zero-order valence-corrected chi connectivity index (χ0v) is 17.1. The lowest BCUT2D eigenvalue weighted by atomic mass is 10.2. The SMILES string of the molecule is O=c1c2ccccc2n2c(SCCc3ccccc3)nnc2n1Cc1ccccc1. The molecule has 0 unspecified atom stereocenters. The highest BCUT2D eigenvalue weighted by Crippen LogP contribution is 2.22. The highest BCUT2D eigenvalue weighted by molar-refractivity contribution is 7.99. The van der Waals surface area contributed by atoms with E-state index in [0.29, 0.717) is 17.7 Å². The predicted octanol–water partition coefficient (Wildman–Crippen LogP) is 4.43. The smallest absolute Gasteiger partial charge is 0.263 e. The molecule has 2 aromatic heterocycles. The van der Waals surface area contributed by atoms with E-state index in [1.807, 2.05) is 65.1 Å². The van der Waals surface area contributed by atoms with Crippen molar-refractivity contribution in [2.75, 3.05) is 5.75 Å². The molecule has 0 spiro atoms. The number of fused-ring (bicyclic) bond motifs is 3. The molecule has 5 nitrogen and oxygen atoms in total. The van der Waals surface area contributed by atoms with Gasteiger partial charge in [0.25, 0.3) is 5.56 Å². The van der Waals surface area contributed by atoms with Gasteiger partial charge in [-0.25, -0.2) is 0 Å². The van der Waals surface area contributed by atoms with Crippen LogP contribution in [0, 0.1) is 0 Å². The van der Waals surface area contributed by atoms with E-state index in [9.17, 15) is 4.79 Å². The van der Waals surface area contributed by atoms with Crippen molar-refractivity contribution in [1.29, 1.82) is 0 Å². The van der Waals surface area contributed by atoms with Crippen LogP contribution < -0.4 is 5.56 Å². The van der Waals surface area contributed by atoms with E-state index in [4.69, 9.17) is 0 Å². The lowest BCUT2D eigenvalue weighted by Gasteiger charge is -2.11. The van der Waals surface area contributed by atoms with Crippen LogP contribution in [0.25, 0.3) is 16.7 Å². The van der Waals surface area contributed by atoms with Gasteiger partial charge in [0.2, 0.25) is 5.78 Å². The quantitative estimate of drug-likeness (QED) is 0.387. The Morgan fingerprint density at radius 1 is 0.767 bits per heavy atom. The Labute approximate surface area is 178 Å². The van der Waals surface area contributed by atoms with E-state index in [1.165, 1.54) is 5.56 Å². The van der Waals surface area contributed by atoms with Crippen LogP contribution in [0.4, 0.5) is 0 Å². The minimum atomic E-state index is -0.0461. The summed E-state index contributed by atoms with van der Waals surface area (Å²) in [6, 6.07) is 28.1. The number of thioether (sulfide) groups is 1. The number of hydrogen-bond donors (Lipinski definition) is 0. The Kier molecular flexibility index (Phi) is 5.07. The van der Waals surface area contributed by atoms with Crippen LogP contribution in [0.3, 0.4) is 0 Å². The second-order valence-corrected chi connectivity index (χ2v) is 8.16. The third-order valence-electron chi connectivity index (χ3n) is 5.13. The first-order valence-electron chi connectivity index (χ1n) is 9.88. The lowest BCUT2D eigenvalue weighted by Crippen LogP contribution is -2.24. The second-order valence-electron chi connectivity index (χ2n) is 7.10. The van der Waals surface area contributed by atoms with E-state index in [1.54, 1.807) is 16.3 Å². The Morgan fingerprint density at radius 3 is 2.20 bits per heavy atom. The summed E-state index contributed by atoms with van der Waals surface area (Å²) in [5, 5.41) is 10.3. The first kappa shape index (κ1) is 18.6. The van der Waals surface area contributed by atoms with E-state index in [0.717, 1.165) is 28.4 Å². The van der Waals surface area contributed by atoms with Gasteiger partial charge < -0.3 is 0 Å². The Balaban J connectivity index is 1.57. The molecule has 3 aromatic carbocycles. The third kappa shape index (κ3) is 3.50. The number of aromatic nitrogens is 4. The molecule has 5 rings (SSSR count). The van der Waals surface area contributed by atoms with Gasteiger partial charge in [0.15, 0.2) is 5.16 Å². The molecule has 2 heterocycles. The Morgan fingerprint density at radius 2 is 1.43 bits per heavy atom. The molecule has 0 aliphatic carbocycles. The average Bonchev–Trinajstić information content (AvgIpc) is 3.22. The summed E-state index contributed by atoms with van der Waals surface area (Å²) in [4.78, 5) is 13.2. The molecule has 0 aliphatic heterocycles. The second kappa shape index (κ2) is 8.16. The summed E-state index contributed by atoms with van der Waals surface area (Å²) in [6.07, 6.45) is 0.946. The Hall–Kier alpha value is -3.38. The van der Waals surface area contributed by atoms with Crippen LogP contribution in [-0.4, -0.2) is 24.9 Å². The summed E-state index contributed by atoms with van der Waals surface area (Å²) in [6.45, 7) is 0.459. The van der Waals surface area contributed by atoms with Crippen LogP contribution >= 0.6 is 11.8 Å². The summed E-state index contributed by atoms with van der Waals surface area (Å²) < 4.78 is 3.72. The van der Waals surface area contributed by atoms with Crippen molar-refractivity contribution in [2.45, 2.75) is 18.1 Å². The molecule has 0 radical (unpaired) electrons. The highest BCUT2D eigenvalue weighted by atomic mass is 32.2. The molecule has 0 amide bonds. The van der Waals surface area contributed by atoms with Gasteiger partial charge in [-0.15, -0.1) is 10.2 Å². The predicted molar refractivity (Wildman–Crippen MR) is 121 cm³/mol. The number of rotatable bonds is 6. The first-order valence-corrected chi connectivity index (χ1v) is 10.9. The fraction of sp³-hybridized carbons (Fsp3) is 0.125. The van der Waals surface area contributed by atoms with Gasteiger partial charge in [-0.2, -0.15) is 0 Å². The van der Waals surface area contributed by atoms with Gasteiger partial charge in [0, 0.05) is 5.75 Å². The van der Waals surface area contributed by atoms with Crippen molar-refractivity contribution in [1.82, 2.24) is 19.2 Å². The molecule has 0 atom stereocenters. The summed E-state index contributed by atoms with van der Waals surface area (Å²) >= 11 is 1.66. The standard InChI is InChI=1S/C24H20N4OS/c29-22-20-13-7-8-14-21(20)28-23(27(22)17-19-11-5-2-6-12-19)25-26-24(28)30-16-15-18-9-3-1-4-10-18/h1-14H,15-17H2. The molecular formula is C24H20N4OS. The largest absolute Gasteiger partial charge is 0.272 e. The monoisotopic (exact) mass is 412 g/mol. The van der Waals surface area contributed by atoms with Gasteiger partial charge in [-0.1, -0.05) is 84.6 Å². The molecule has 0 saturated carbocycles. The van der Waals surface area contributed by atoms with Gasteiger partial charge in [-0.05, 0) is 29.7 Å². The molecule has 0 bridgehead atoms. The molecule has 30 heavy (non-hydrogen) atoms. The van der Waals surface area contributed by atoms with Crippen molar-refractivity contribution in [3.05, 3.63) is 106 Å². The van der Waals surface area contributed by atoms with Gasteiger partial charge >= 0.3 is 0 Å². The molecule has 5 aromatic rings. The number of hydrogen-bond acceptors (Lipinski definition) is 4. The van der Waals surface area contributed by atoms with Crippen molar-refractivity contribution >= 4 is 28.4 Å². The first-order chi connectivity index (χ1) is 14.8. The zero-order chi connectivity index (χ0) is 20.3. The van der Waals surface area contributed by atoms with Crippen molar-refractivity contribution in [2.24, 2.45) is 0 Å². The van der Waals surface area contributed by atoms with Crippen LogP contribution in [0.1, 0.15) is 11.1 Å². The van der Waals surface area contributed by atoms with Gasteiger partial charge in [-0.3, -0.25) is 13.8 Å². The fourth-order valence-electron chi connectivity index (χ4n) is 3.64. The summed E-state index contributed by atoms with van der Waals surface area (Å²) in [7, 11) is 0. The van der Waals surface area contributed by atoms with Crippen molar-refractivity contribution < 1.29 is 0 Å². The minimum Gasteiger partial charge on any atom is -0.272 e. The maximum atomic E-state index is 13.2.